The maximum Gasteiger partial charge on any atom is 0.0903 e. The molecule has 0 amide bonds. The van der Waals surface area contributed by atoms with Crippen LogP contribution in [0, 0.1) is 0 Å². The van der Waals surface area contributed by atoms with Crippen molar-refractivity contribution >= 4 is 57.8 Å². The molecule has 14 heavy (non-hydrogen) atoms. The van der Waals surface area contributed by atoms with Crippen molar-refractivity contribution in [1.82, 2.24) is 0 Å². The van der Waals surface area contributed by atoms with Crippen molar-refractivity contribution < 1.29 is 4.21 Å². The lowest BCUT2D eigenvalue weighted by Gasteiger charge is -2.27. The van der Waals surface area contributed by atoms with Gasteiger partial charge in [0, 0.05) is 45.3 Å². The molecule has 2 aliphatic heterocycles. The maximum absolute atomic E-state index is 12.2. The monoisotopic (exact) mass is 286 g/mol. The second-order valence-corrected chi connectivity index (χ2v) is 10.4. The predicted molar refractivity (Wildman–Crippen MR) is 75.3 cm³/mol. The highest BCUT2D eigenvalue weighted by Crippen LogP contribution is 2.34. The van der Waals surface area contributed by atoms with Crippen LogP contribution < -0.4 is 0 Å². The maximum atomic E-state index is 12.2. The van der Waals surface area contributed by atoms with Crippen molar-refractivity contribution in [1.29, 1.82) is 0 Å². The van der Waals surface area contributed by atoms with Crippen LogP contribution in [0.3, 0.4) is 0 Å². The molecule has 0 bridgehead atoms. The second kappa shape index (κ2) is 6.33. The van der Waals surface area contributed by atoms with Crippen LogP contribution in [0.25, 0.3) is 0 Å². The van der Waals surface area contributed by atoms with E-state index < -0.39 is 10.8 Å². The minimum atomic E-state index is -0.609. The molecular weight excluding hydrogens is 272 g/mol. The van der Waals surface area contributed by atoms with E-state index in [1.807, 2.05) is 47.0 Å². The standard InChI is InChI=1S/C8H14OS5/c9-14(7-5-10-1-3-12-7)8-6-11-2-4-13-8/h7-8H,1-6H2. The van der Waals surface area contributed by atoms with Gasteiger partial charge in [-0.05, 0) is 0 Å². The van der Waals surface area contributed by atoms with Crippen LogP contribution in [0.5, 0.6) is 0 Å². The van der Waals surface area contributed by atoms with Crippen LogP contribution in [0.4, 0.5) is 0 Å². The fourth-order valence-electron chi connectivity index (χ4n) is 1.37. The molecule has 1 nitrogen and oxygen atoms in total. The highest BCUT2D eigenvalue weighted by molar-refractivity contribution is 8.21. The van der Waals surface area contributed by atoms with Crippen molar-refractivity contribution in [3.05, 3.63) is 0 Å². The Kier molecular flexibility index (Phi) is 5.43. The van der Waals surface area contributed by atoms with E-state index in [1.165, 1.54) is 23.0 Å². The van der Waals surface area contributed by atoms with E-state index >= 15 is 0 Å². The molecule has 0 aromatic rings. The van der Waals surface area contributed by atoms with E-state index in [2.05, 4.69) is 0 Å². The van der Waals surface area contributed by atoms with Crippen molar-refractivity contribution in [2.45, 2.75) is 9.16 Å². The van der Waals surface area contributed by atoms with Gasteiger partial charge in [-0.25, -0.2) is 0 Å². The Labute approximate surface area is 105 Å². The first-order valence-corrected chi connectivity index (χ1v) is 10.3. The summed E-state index contributed by atoms with van der Waals surface area (Å²) in [4.78, 5) is 0. The predicted octanol–water partition coefficient (Wildman–Crippen LogP) is 2.35. The van der Waals surface area contributed by atoms with E-state index in [0.29, 0.717) is 9.16 Å². The highest BCUT2D eigenvalue weighted by Gasteiger charge is 2.29. The first-order chi connectivity index (χ1) is 6.88. The molecule has 2 heterocycles. The third-order valence-electron chi connectivity index (χ3n) is 2.09. The highest BCUT2D eigenvalue weighted by atomic mass is 32.3. The first kappa shape index (κ1) is 12.0. The van der Waals surface area contributed by atoms with Gasteiger partial charge in [0.05, 0.1) is 9.16 Å². The van der Waals surface area contributed by atoms with Gasteiger partial charge in [0.1, 0.15) is 0 Å². The molecule has 2 aliphatic rings. The van der Waals surface area contributed by atoms with Gasteiger partial charge in [0.25, 0.3) is 0 Å². The largest absolute Gasteiger partial charge is 0.257 e. The van der Waals surface area contributed by atoms with Crippen LogP contribution in [0.1, 0.15) is 0 Å². The summed E-state index contributed by atoms with van der Waals surface area (Å²) in [6, 6.07) is 0. The Morgan fingerprint density at radius 2 is 1.36 bits per heavy atom. The molecular formula is C8H14OS5. The van der Waals surface area contributed by atoms with E-state index in [-0.39, 0.29) is 0 Å². The molecule has 2 unspecified atom stereocenters. The van der Waals surface area contributed by atoms with Crippen molar-refractivity contribution in [2.24, 2.45) is 0 Å². The third kappa shape index (κ3) is 3.27. The smallest absolute Gasteiger partial charge is 0.0903 e. The molecule has 82 valence electrons. The summed E-state index contributed by atoms with van der Waals surface area (Å²) in [6.07, 6.45) is 0. The van der Waals surface area contributed by atoms with Crippen molar-refractivity contribution in [3.63, 3.8) is 0 Å². The molecule has 0 radical (unpaired) electrons. The Morgan fingerprint density at radius 3 is 1.71 bits per heavy atom. The van der Waals surface area contributed by atoms with Crippen LogP contribution in [0.15, 0.2) is 0 Å². The van der Waals surface area contributed by atoms with E-state index in [1.54, 1.807) is 0 Å². The molecule has 0 aromatic carbocycles. The lowest BCUT2D eigenvalue weighted by molar-refractivity contribution is 0.682. The number of hydrogen-bond donors (Lipinski definition) is 0. The zero-order valence-electron chi connectivity index (χ0n) is 7.85. The molecule has 2 atom stereocenters. The Morgan fingerprint density at radius 1 is 0.857 bits per heavy atom. The molecule has 2 fully saturated rings. The molecule has 0 spiro atoms. The lowest BCUT2D eigenvalue weighted by atomic mass is 10.9. The summed E-state index contributed by atoms with van der Waals surface area (Å²) >= 11 is 7.77. The van der Waals surface area contributed by atoms with Crippen LogP contribution in [-0.2, 0) is 10.8 Å². The van der Waals surface area contributed by atoms with E-state index in [4.69, 9.17) is 0 Å². The summed E-state index contributed by atoms with van der Waals surface area (Å²) in [7, 11) is -0.609. The molecule has 2 rings (SSSR count). The van der Waals surface area contributed by atoms with Gasteiger partial charge in [-0.15, -0.1) is 23.5 Å². The fraction of sp³-hybridized carbons (Fsp3) is 1.00. The average molecular weight is 287 g/mol. The molecule has 0 N–H and O–H groups in total. The van der Waals surface area contributed by atoms with E-state index in [0.717, 1.165) is 11.5 Å². The van der Waals surface area contributed by atoms with Gasteiger partial charge in [0.2, 0.25) is 0 Å². The molecule has 0 aliphatic carbocycles. The Hall–Kier alpha value is 1.55. The minimum Gasteiger partial charge on any atom is -0.257 e. The van der Waals surface area contributed by atoms with Gasteiger partial charge in [-0.3, -0.25) is 4.21 Å². The Bertz CT molecular complexity index is 178. The molecule has 6 heteroatoms. The summed E-state index contributed by atoms with van der Waals surface area (Å²) in [5.74, 6) is 7.05. The molecule has 0 saturated carbocycles. The van der Waals surface area contributed by atoms with Crippen LogP contribution >= 0.6 is 47.0 Å². The summed E-state index contributed by atoms with van der Waals surface area (Å²) in [6.45, 7) is 0. The fourth-order valence-corrected chi connectivity index (χ4v) is 10.3. The first-order valence-electron chi connectivity index (χ1n) is 4.66. The lowest BCUT2D eigenvalue weighted by Crippen LogP contribution is -2.29. The van der Waals surface area contributed by atoms with Gasteiger partial charge in [-0.1, -0.05) is 0 Å². The third-order valence-corrected chi connectivity index (χ3v) is 10.9. The molecule has 0 aromatic heterocycles. The number of rotatable bonds is 2. The topological polar surface area (TPSA) is 17.1 Å². The summed E-state index contributed by atoms with van der Waals surface area (Å²) < 4.78 is 13.0. The number of thioether (sulfide) groups is 4. The zero-order valence-corrected chi connectivity index (χ0v) is 11.9. The van der Waals surface area contributed by atoms with Gasteiger partial charge < -0.3 is 0 Å². The van der Waals surface area contributed by atoms with Gasteiger partial charge in [0.15, 0.2) is 0 Å². The molecule has 2 saturated heterocycles. The van der Waals surface area contributed by atoms with Gasteiger partial charge >= 0.3 is 0 Å². The summed E-state index contributed by atoms with van der Waals surface area (Å²) in [5, 5.41) is 0. The quantitative estimate of drug-likeness (QED) is 0.773. The SMILES string of the molecule is O=S(C1CSCCS1)C1CSCCS1. The van der Waals surface area contributed by atoms with E-state index in [9.17, 15) is 4.21 Å². The zero-order chi connectivity index (χ0) is 9.80. The van der Waals surface area contributed by atoms with Crippen LogP contribution in [-0.4, -0.2) is 47.9 Å². The number of hydrogen-bond acceptors (Lipinski definition) is 5. The summed E-state index contributed by atoms with van der Waals surface area (Å²) in [5.41, 5.74) is 0. The van der Waals surface area contributed by atoms with Crippen LogP contribution in [0.2, 0.25) is 0 Å². The van der Waals surface area contributed by atoms with Crippen molar-refractivity contribution in [2.75, 3.05) is 34.5 Å². The second-order valence-electron chi connectivity index (χ2n) is 3.08. The minimum absolute atomic E-state index is 0.407. The average Bonchev–Trinajstić information content (AvgIpc) is 2.30. The Balaban J connectivity index is 1.85. The van der Waals surface area contributed by atoms with Crippen molar-refractivity contribution in [3.8, 4) is 0 Å². The van der Waals surface area contributed by atoms with Gasteiger partial charge in [-0.2, -0.15) is 23.5 Å². The normalized spacial score (nSPS) is 36.6.